The summed E-state index contributed by atoms with van der Waals surface area (Å²) in [6.45, 7) is 8.41. The molecule has 0 amide bonds. The van der Waals surface area contributed by atoms with Crippen LogP contribution in [0.3, 0.4) is 0 Å². The minimum atomic E-state index is 0.374. The van der Waals surface area contributed by atoms with Crippen molar-refractivity contribution in [2.24, 2.45) is 0 Å². The molecular formula is C16H23N3. The van der Waals surface area contributed by atoms with Gasteiger partial charge in [0.1, 0.15) is 0 Å². The van der Waals surface area contributed by atoms with Gasteiger partial charge in [-0.3, -0.25) is 4.98 Å². The van der Waals surface area contributed by atoms with Gasteiger partial charge < -0.3 is 9.88 Å². The number of aromatic nitrogens is 2. The Hall–Kier alpha value is -1.61. The van der Waals surface area contributed by atoms with Crippen LogP contribution in [-0.4, -0.2) is 16.1 Å². The van der Waals surface area contributed by atoms with Gasteiger partial charge in [0.25, 0.3) is 0 Å². The highest BCUT2D eigenvalue weighted by molar-refractivity contribution is 5.20. The lowest BCUT2D eigenvalue weighted by molar-refractivity contribution is 0.533. The van der Waals surface area contributed by atoms with Crippen molar-refractivity contribution < 1.29 is 0 Å². The van der Waals surface area contributed by atoms with Crippen LogP contribution in [0, 0.1) is 6.92 Å². The summed E-state index contributed by atoms with van der Waals surface area (Å²) in [5.41, 5.74) is 3.71. The zero-order chi connectivity index (χ0) is 13.7. The zero-order valence-corrected chi connectivity index (χ0v) is 12.1. The van der Waals surface area contributed by atoms with E-state index < -0.39 is 0 Å². The number of nitrogens with zero attached hydrogens (tertiary/aromatic N) is 2. The van der Waals surface area contributed by atoms with E-state index in [9.17, 15) is 0 Å². The fraction of sp³-hybridized carbons (Fsp3) is 0.438. The van der Waals surface area contributed by atoms with Crippen molar-refractivity contribution in [1.29, 1.82) is 0 Å². The first-order chi connectivity index (χ1) is 9.22. The SMILES string of the molecule is CCCNC(C)c1cccn1Cc1ncccc1C. The van der Waals surface area contributed by atoms with E-state index in [2.05, 4.69) is 60.0 Å². The van der Waals surface area contributed by atoms with Crippen molar-refractivity contribution in [3.63, 3.8) is 0 Å². The number of rotatable bonds is 6. The van der Waals surface area contributed by atoms with E-state index in [-0.39, 0.29) is 0 Å². The molecule has 0 aliphatic carbocycles. The summed E-state index contributed by atoms with van der Waals surface area (Å²) in [6, 6.07) is 8.77. The fourth-order valence-corrected chi connectivity index (χ4v) is 2.28. The highest BCUT2D eigenvalue weighted by Gasteiger charge is 2.10. The van der Waals surface area contributed by atoms with Gasteiger partial charge in [0.2, 0.25) is 0 Å². The van der Waals surface area contributed by atoms with E-state index in [1.807, 2.05) is 12.3 Å². The molecule has 19 heavy (non-hydrogen) atoms. The van der Waals surface area contributed by atoms with Crippen LogP contribution in [0.2, 0.25) is 0 Å². The van der Waals surface area contributed by atoms with Gasteiger partial charge in [0, 0.05) is 24.1 Å². The first kappa shape index (κ1) is 13.8. The van der Waals surface area contributed by atoms with E-state index in [1.54, 1.807) is 0 Å². The highest BCUT2D eigenvalue weighted by atomic mass is 15.0. The topological polar surface area (TPSA) is 29.9 Å². The molecule has 0 aliphatic heterocycles. The molecule has 0 bridgehead atoms. The van der Waals surface area contributed by atoms with Crippen molar-refractivity contribution >= 4 is 0 Å². The minimum absolute atomic E-state index is 0.374. The minimum Gasteiger partial charge on any atom is -0.344 e. The Morgan fingerprint density at radius 1 is 1.32 bits per heavy atom. The van der Waals surface area contributed by atoms with E-state index in [0.717, 1.165) is 25.2 Å². The highest BCUT2D eigenvalue weighted by Crippen LogP contribution is 2.16. The van der Waals surface area contributed by atoms with Crippen LogP contribution >= 0.6 is 0 Å². The largest absolute Gasteiger partial charge is 0.344 e. The average Bonchev–Trinajstić information content (AvgIpc) is 2.87. The summed E-state index contributed by atoms with van der Waals surface area (Å²) < 4.78 is 2.28. The maximum atomic E-state index is 4.47. The summed E-state index contributed by atoms with van der Waals surface area (Å²) in [4.78, 5) is 4.47. The van der Waals surface area contributed by atoms with E-state index >= 15 is 0 Å². The Balaban J connectivity index is 2.14. The molecule has 0 aromatic carbocycles. The van der Waals surface area contributed by atoms with Crippen LogP contribution in [0.4, 0.5) is 0 Å². The molecule has 3 heteroatoms. The number of pyridine rings is 1. The summed E-state index contributed by atoms with van der Waals surface area (Å²) in [7, 11) is 0. The van der Waals surface area contributed by atoms with Crippen LogP contribution in [0.25, 0.3) is 0 Å². The molecule has 0 saturated heterocycles. The predicted molar refractivity (Wildman–Crippen MR) is 79.2 cm³/mol. The molecule has 0 fully saturated rings. The standard InChI is InChI=1S/C16H23N3/c1-4-9-17-14(3)16-8-6-11-19(16)12-15-13(2)7-5-10-18-15/h5-8,10-11,14,17H,4,9,12H2,1-3H3. The van der Waals surface area contributed by atoms with Crippen molar-refractivity contribution in [2.75, 3.05) is 6.54 Å². The quantitative estimate of drug-likeness (QED) is 0.860. The van der Waals surface area contributed by atoms with E-state index in [4.69, 9.17) is 0 Å². The van der Waals surface area contributed by atoms with Crippen LogP contribution in [0.5, 0.6) is 0 Å². The van der Waals surface area contributed by atoms with Gasteiger partial charge in [-0.25, -0.2) is 0 Å². The molecule has 1 atom stereocenters. The Bertz CT molecular complexity index is 516. The zero-order valence-electron chi connectivity index (χ0n) is 12.1. The molecule has 0 radical (unpaired) electrons. The molecule has 0 saturated carbocycles. The van der Waals surface area contributed by atoms with Gasteiger partial charge in [-0.2, -0.15) is 0 Å². The normalized spacial score (nSPS) is 12.6. The van der Waals surface area contributed by atoms with Crippen molar-refractivity contribution in [1.82, 2.24) is 14.9 Å². The third-order valence-corrected chi connectivity index (χ3v) is 3.45. The van der Waals surface area contributed by atoms with E-state index in [0.29, 0.717) is 6.04 Å². The first-order valence-electron chi connectivity index (χ1n) is 7.01. The predicted octanol–water partition coefficient (Wildman–Crippen LogP) is 3.30. The second-order valence-electron chi connectivity index (χ2n) is 5.00. The molecule has 2 rings (SSSR count). The Morgan fingerprint density at radius 3 is 2.89 bits per heavy atom. The van der Waals surface area contributed by atoms with Crippen molar-refractivity contribution in [3.05, 3.63) is 53.6 Å². The van der Waals surface area contributed by atoms with Crippen LogP contribution < -0.4 is 5.32 Å². The average molecular weight is 257 g/mol. The first-order valence-corrected chi connectivity index (χ1v) is 7.01. The molecule has 0 spiro atoms. The van der Waals surface area contributed by atoms with Gasteiger partial charge in [-0.05, 0) is 50.6 Å². The Kier molecular flexibility index (Phi) is 4.74. The third kappa shape index (κ3) is 3.44. The summed E-state index contributed by atoms with van der Waals surface area (Å²) >= 11 is 0. The van der Waals surface area contributed by atoms with Gasteiger partial charge in [0.05, 0.1) is 12.2 Å². The van der Waals surface area contributed by atoms with Gasteiger partial charge in [-0.1, -0.05) is 13.0 Å². The fourth-order valence-electron chi connectivity index (χ4n) is 2.28. The third-order valence-electron chi connectivity index (χ3n) is 3.45. The molecule has 2 heterocycles. The number of hydrogen-bond acceptors (Lipinski definition) is 2. The molecule has 102 valence electrons. The van der Waals surface area contributed by atoms with Crippen LogP contribution in [0.15, 0.2) is 36.7 Å². The second kappa shape index (κ2) is 6.53. The van der Waals surface area contributed by atoms with E-state index in [1.165, 1.54) is 11.3 Å². The van der Waals surface area contributed by atoms with Gasteiger partial charge >= 0.3 is 0 Å². The smallest absolute Gasteiger partial charge is 0.0648 e. The monoisotopic (exact) mass is 257 g/mol. The molecule has 2 aromatic heterocycles. The van der Waals surface area contributed by atoms with Gasteiger partial charge in [-0.15, -0.1) is 0 Å². The molecule has 1 unspecified atom stereocenters. The Morgan fingerprint density at radius 2 is 2.16 bits per heavy atom. The maximum absolute atomic E-state index is 4.47. The summed E-state index contributed by atoms with van der Waals surface area (Å²) in [6.07, 6.45) is 5.16. The number of aryl methyl sites for hydroxylation is 1. The Labute approximate surface area is 115 Å². The lowest BCUT2D eigenvalue weighted by atomic mass is 10.2. The maximum Gasteiger partial charge on any atom is 0.0648 e. The molecule has 0 aliphatic rings. The second-order valence-corrected chi connectivity index (χ2v) is 5.00. The van der Waals surface area contributed by atoms with Crippen LogP contribution in [-0.2, 0) is 6.54 Å². The van der Waals surface area contributed by atoms with Crippen molar-refractivity contribution in [3.8, 4) is 0 Å². The number of nitrogens with one attached hydrogen (secondary N) is 1. The summed E-state index contributed by atoms with van der Waals surface area (Å²) in [5, 5.41) is 3.53. The lowest BCUT2D eigenvalue weighted by Crippen LogP contribution is -2.22. The van der Waals surface area contributed by atoms with Crippen LogP contribution in [0.1, 0.15) is 43.3 Å². The summed E-state index contributed by atoms with van der Waals surface area (Å²) in [5.74, 6) is 0. The van der Waals surface area contributed by atoms with Crippen molar-refractivity contribution in [2.45, 2.75) is 39.8 Å². The molecular weight excluding hydrogens is 234 g/mol. The number of hydrogen-bond donors (Lipinski definition) is 1. The molecule has 1 N–H and O–H groups in total. The molecule has 3 nitrogen and oxygen atoms in total. The van der Waals surface area contributed by atoms with Gasteiger partial charge in [0.15, 0.2) is 0 Å². The lowest BCUT2D eigenvalue weighted by Gasteiger charge is -2.17. The molecule has 2 aromatic rings.